The molecule has 234 valence electrons. The predicted octanol–water partition coefficient (Wildman–Crippen LogP) is 13.3. The average molecular weight is 551 g/mol. The molecule has 0 N–H and O–H groups in total. The van der Waals surface area contributed by atoms with Crippen LogP contribution in [-0.4, -0.2) is 12.6 Å². The molecule has 0 rings (SSSR count). The van der Waals surface area contributed by atoms with E-state index in [9.17, 15) is 4.79 Å². The smallest absolute Gasteiger partial charge is 0.305 e. The third-order valence-corrected chi connectivity index (χ3v) is 8.79. The summed E-state index contributed by atoms with van der Waals surface area (Å²) in [5, 5.41) is 0. The van der Waals surface area contributed by atoms with E-state index in [1.807, 2.05) is 0 Å². The lowest BCUT2D eigenvalue weighted by Gasteiger charge is -2.07. The SMILES string of the molecule is CCCCCCCCCCCCCCCCCC(=O)OCCCCCCCCCCCCCCCC(C)CC. The number of esters is 1. The minimum Gasteiger partial charge on any atom is -0.466 e. The molecule has 0 radical (unpaired) electrons. The first-order valence-electron chi connectivity index (χ1n) is 18.4. The summed E-state index contributed by atoms with van der Waals surface area (Å²) in [6.45, 7) is 7.62. The van der Waals surface area contributed by atoms with Gasteiger partial charge in [0.05, 0.1) is 6.61 Å². The van der Waals surface area contributed by atoms with Gasteiger partial charge in [0.15, 0.2) is 0 Å². The van der Waals surface area contributed by atoms with Crippen LogP contribution >= 0.6 is 0 Å². The fourth-order valence-electron chi connectivity index (χ4n) is 5.64. The second kappa shape index (κ2) is 33.7. The Hall–Kier alpha value is -0.530. The van der Waals surface area contributed by atoms with Crippen LogP contribution in [-0.2, 0) is 9.53 Å². The third kappa shape index (κ3) is 33.6. The Kier molecular flexibility index (Phi) is 33.2. The maximum atomic E-state index is 11.9. The van der Waals surface area contributed by atoms with Crippen LogP contribution in [0.15, 0.2) is 0 Å². The number of unbranched alkanes of at least 4 members (excludes halogenated alkanes) is 26. The molecule has 0 saturated heterocycles. The molecule has 0 aliphatic heterocycles. The van der Waals surface area contributed by atoms with Crippen LogP contribution in [0, 0.1) is 5.92 Å². The Morgan fingerprint density at radius 2 is 0.795 bits per heavy atom. The lowest BCUT2D eigenvalue weighted by molar-refractivity contribution is -0.143. The van der Waals surface area contributed by atoms with E-state index in [0.717, 1.165) is 18.8 Å². The molecule has 0 bridgehead atoms. The molecule has 1 unspecified atom stereocenters. The second-order valence-corrected chi connectivity index (χ2v) is 12.8. The van der Waals surface area contributed by atoms with E-state index < -0.39 is 0 Å². The Bertz CT molecular complexity index is 460. The Morgan fingerprint density at radius 3 is 1.18 bits per heavy atom. The normalized spacial score (nSPS) is 12.2. The van der Waals surface area contributed by atoms with Crippen LogP contribution in [0.3, 0.4) is 0 Å². The molecule has 0 saturated carbocycles. The molecule has 0 aliphatic carbocycles. The summed E-state index contributed by atoms with van der Waals surface area (Å²) in [4.78, 5) is 11.9. The highest BCUT2D eigenvalue weighted by atomic mass is 16.5. The lowest BCUT2D eigenvalue weighted by atomic mass is 9.99. The number of carbonyl (C=O) groups is 1. The summed E-state index contributed by atoms with van der Waals surface area (Å²) in [6.07, 6.45) is 41.6. The maximum Gasteiger partial charge on any atom is 0.305 e. The molecule has 2 heteroatoms. The first-order chi connectivity index (χ1) is 19.2. The zero-order valence-corrected chi connectivity index (χ0v) is 27.5. The largest absolute Gasteiger partial charge is 0.466 e. The van der Waals surface area contributed by atoms with Gasteiger partial charge in [0.2, 0.25) is 0 Å². The maximum absolute atomic E-state index is 11.9. The number of hydrogen-bond acceptors (Lipinski definition) is 2. The van der Waals surface area contributed by atoms with Crippen LogP contribution in [0.1, 0.15) is 220 Å². The molecule has 0 amide bonds. The summed E-state index contributed by atoms with van der Waals surface area (Å²) in [7, 11) is 0. The van der Waals surface area contributed by atoms with Crippen molar-refractivity contribution in [1.29, 1.82) is 0 Å². The highest BCUT2D eigenvalue weighted by Gasteiger charge is 2.03. The minimum atomic E-state index is 0.0280. The van der Waals surface area contributed by atoms with Gasteiger partial charge in [-0.3, -0.25) is 4.79 Å². The van der Waals surface area contributed by atoms with Gasteiger partial charge < -0.3 is 4.74 Å². The molecule has 2 nitrogen and oxygen atoms in total. The quantitative estimate of drug-likeness (QED) is 0.0600. The second-order valence-electron chi connectivity index (χ2n) is 12.8. The van der Waals surface area contributed by atoms with E-state index >= 15 is 0 Å². The molecule has 1 atom stereocenters. The fraction of sp³-hybridized carbons (Fsp3) is 0.973. The first-order valence-corrected chi connectivity index (χ1v) is 18.4. The Balaban J connectivity index is 3.16. The van der Waals surface area contributed by atoms with Crippen molar-refractivity contribution in [3.8, 4) is 0 Å². The van der Waals surface area contributed by atoms with E-state index in [4.69, 9.17) is 4.74 Å². The first kappa shape index (κ1) is 38.5. The van der Waals surface area contributed by atoms with Gasteiger partial charge in [-0.2, -0.15) is 0 Å². The van der Waals surface area contributed by atoms with Gasteiger partial charge in [-0.05, 0) is 18.8 Å². The van der Waals surface area contributed by atoms with E-state index in [1.54, 1.807) is 0 Å². The molecule has 0 fully saturated rings. The van der Waals surface area contributed by atoms with Crippen LogP contribution in [0.2, 0.25) is 0 Å². The molecular formula is C37H74O2. The van der Waals surface area contributed by atoms with Crippen LogP contribution in [0.4, 0.5) is 0 Å². The van der Waals surface area contributed by atoms with Gasteiger partial charge >= 0.3 is 5.97 Å². The van der Waals surface area contributed by atoms with Crippen molar-refractivity contribution in [2.24, 2.45) is 5.92 Å². The molecular weight excluding hydrogens is 476 g/mol. The molecule has 39 heavy (non-hydrogen) atoms. The van der Waals surface area contributed by atoms with E-state index in [-0.39, 0.29) is 5.97 Å². The molecule has 0 aromatic carbocycles. The zero-order valence-electron chi connectivity index (χ0n) is 27.5. The van der Waals surface area contributed by atoms with Gasteiger partial charge in [0.25, 0.3) is 0 Å². The van der Waals surface area contributed by atoms with Crippen molar-refractivity contribution >= 4 is 5.97 Å². The van der Waals surface area contributed by atoms with Crippen LogP contribution < -0.4 is 0 Å². The molecule has 0 aromatic rings. The number of carbonyl (C=O) groups excluding carboxylic acids is 1. The van der Waals surface area contributed by atoms with Crippen LogP contribution in [0.25, 0.3) is 0 Å². The van der Waals surface area contributed by atoms with Gasteiger partial charge in [-0.1, -0.05) is 201 Å². The monoisotopic (exact) mass is 551 g/mol. The van der Waals surface area contributed by atoms with Crippen molar-refractivity contribution in [3.05, 3.63) is 0 Å². The van der Waals surface area contributed by atoms with Gasteiger partial charge in [-0.25, -0.2) is 0 Å². The molecule has 0 aromatic heterocycles. The number of ether oxygens (including phenoxy) is 1. The van der Waals surface area contributed by atoms with Crippen LogP contribution in [0.5, 0.6) is 0 Å². The average Bonchev–Trinajstić information content (AvgIpc) is 2.94. The molecule has 0 spiro atoms. The van der Waals surface area contributed by atoms with Crippen molar-refractivity contribution in [3.63, 3.8) is 0 Å². The Morgan fingerprint density at radius 1 is 0.462 bits per heavy atom. The summed E-state index contributed by atoms with van der Waals surface area (Å²) in [5.41, 5.74) is 0. The molecule has 0 heterocycles. The third-order valence-electron chi connectivity index (χ3n) is 8.79. The van der Waals surface area contributed by atoms with E-state index in [2.05, 4.69) is 20.8 Å². The van der Waals surface area contributed by atoms with E-state index in [1.165, 1.54) is 180 Å². The van der Waals surface area contributed by atoms with Crippen molar-refractivity contribution in [2.45, 2.75) is 220 Å². The van der Waals surface area contributed by atoms with E-state index in [0.29, 0.717) is 13.0 Å². The van der Waals surface area contributed by atoms with Gasteiger partial charge in [-0.15, -0.1) is 0 Å². The topological polar surface area (TPSA) is 26.3 Å². The highest BCUT2D eigenvalue weighted by Crippen LogP contribution is 2.16. The number of hydrogen-bond donors (Lipinski definition) is 0. The summed E-state index contributed by atoms with van der Waals surface area (Å²) >= 11 is 0. The summed E-state index contributed by atoms with van der Waals surface area (Å²) in [5.74, 6) is 0.953. The molecule has 0 aliphatic rings. The van der Waals surface area contributed by atoms with Gasteiger partial charge in [0, 0.05) is 6.42 Å². The minimum absolute atomic E-state index is 0.0280. The summed E-state index contributed by atoms with van der Waals surface area (Å²) < 4.78 is 5.45. The summed E-state index contributed by atoms with van der Waals surface area (Å²) in [6, 6.07) is 0. The van der Waals surface area contributed by atoms with Crippen molar-refractivity contribution in [2.75, 3.05) is 6.61 Å². The highest BCUT2D eigenvalue weighted by molar-refractivity contribution is 5.69. The fourth-order valence-corrected chi connectivity index (χ4v) is 5.64. The standard InChI is InChI=1S/C37H74O2/c1-4-6-7-8-9-10-11-12-13-16-19-22-25-28-31-34-37(38)39-35-32-29-26-23-20-17-14-15-18-21-24-27-30-33-36(3)5-2/h36H,4-35H2,1-3H3. The zero-order chi connectivity index (χ0) is 28.5. The lowest BCUT2D eigenvalue weighted by Crippen LogP contribution is -2.05. The Labute approximate surface area is 247 Å². The van der Waals surface area contributed by atoms with Crippen molar-refractivity contribution < 1.29 is 9.53 Å². The van der Waals surface area contributed by atoms with Crippen molar-refractivity contribution in [1.82, 2.24) is 0 Å². The number of rotatable bonds is 33. The predicted molar refractivity (Wildman–Crippen MR) is 175 cm³/mol. The van der Waals surface area contributed by atoms with Gasteiger partial charge in [0.1, 0.15) is 0 Å².